The summed E-state index contributed by atoms with van der Waals surface area (Å²) in [6, 6.07) is 4.23. The molecule has 0 saturated carbocycles. The summed E-state index contributed by atoms with van der Waals surface area (Å²) in [4.78, 5) is 39.2. The van der Waals surface area contributed by atoms with E-state index in [1.165, 1.54) is 6.07 Å². The summed E-state index contributed by atoms with van der Waals surface area (Å²) in [6.45, 7) is 5.93. The number of amides is 2. The molecule has 1 atom stereocenters. The van der Waals surface area contributed by atoms with Crippen molar-refractivity contribution in [1.82, 2.24) is 14.9 Å². The molecule has 2 aliphatic rings. The number of carbonyl (C=O) groups excluding carboxylic acids is 2. The van der Waals surface area contributed by atoms with Crippen molar-refractivity contribution >= 4 is 35.1 Å². The van der Waals surface area contributed by atoms with Crippen LogP contribution < -0.4 is 9.80 Å². The Morgan fingerprint density at radius 2 is 1.62 bits per heavy atom. The number of piperazine rings is 1. The summed E-state index contributed by atoms with van der Waals surface area (Å²) in [7, 11) is 0. The van der Waals surface area contributed by atoms with Gasteiger partial charge in [0.1, 0.15) is 0 Å². The van der Waals surface area contributed by atoms with Crippen LogP contribution in [0, 0.1) is 13.8 Å². The zero-order valence-corrected chi connectivity index (χ0v) is 18.2. The van der Waals surface area contributed by atoms with E-state index in [4.69, 9.17) is 11.6 Å². The third kappa shape index (κ3) is 4.29. The molecule has 1 unspecified atom stereocenters. The van der Waals surface area contributed by atoms with Crippen LogP contribution >= 0.6 is 11.6 Å². The van der Waals surface area contributed by atoms with Crippen LogP contribution in [0.5, 0.6) is 0 Å². The molecule has 1 aromatic heterocycles. The van der Waals surface area contributed by atoms with E-state index < -0.39 is 34.6 Å². The Balaban J connectivity index is 1.48. The van der Waals surface area contributed by atoms with Crippen molar-refractivity contribution in [3.05, 3.63) is 46.2 Å². The average molecular weight is 468 g/mol. The summed E-state index contributed by atoms with van der Waals surface area (Å²) < 4.78 is 39.6. The molecule has 0 spiro atoms. The maximum Gasteiger partial charge on any atom is 0.417 e. The Morgan fingerprint density at radius 3 is 2.22 bits per heavy atom. The van der Waals surface area contributed by atoms with Crippen molar-refractivity contribution < 1.29 is 22.8 Å². The number of nitrogens with zero attached hydrogens (tertiary/aromatic N) is 5. The zero-order chi connectivity index (χ0) is 23.2. The fourth-order valence-electron chi connectivity index (χ4n) is 4.12. The summed E-state index contributed by atoms with van der Waals surface area (Å²) in [5, 5.41) is -0.485. The van der Waals surface area contributed by atoms with Gasteiger partial charge in [0.25, 0.3) is 5.91 Å². The minimum absolute atomic E-state index is 0.0805. The number of imide groups is 1. The van der Waals surface area contributed by atoms with Crippen LogP contribution in [0.4, 0.5) is 24.8 Å². The number of anilines is 2. The van der Waals surface area contributed by atoms with Crippen LogP contribution in [-0.4, -0.2) is 58.9 Å². The molecule has 2 saturated heterocycles. The first-order valence-corrected chi connectivity index (χ1v) is 10.5. The predicted molar refractivity (Wildman–Crippen MR) is 113 cm³/mol. The van der Waals surface area contributed by atoms with Gasteiger partial charge in [-0.1, -0.05) is 11.6 Å². The fraction of sp³-hybridized carbons (Fsp3) is 0.429. The third-order valence-electron chi connectivity index (χ3n) is 5.64. The van der Waals surface area contributed by atoms with E-state index in [0.29, 0.717) is 32.1 Å². The minimum atomic E-state index is -4.69. The molecule has 3 heterocycles. The first-order valence-electron chi connectivity index (χ1n) is 10.1. The van der Waals surface area contributed by atoms with Gasteiger partial charge in [0.2, 0.25) is 11.9 Å². The van der Waals surface area contributed by atoms with Crippen LogP contribution in [-0.2, 0) is 15.8 Å². The number of rotatable bonds is 3. The van der Waals surface area contributed by atoms with Gasteiger partial charge in [-0.3, -0.25) is 14.5 Å². The summed E-state index contributed by atoms with van der Waals surface area (Å²) >= 11 is 5.66. The van der Waals surface area contributed by atoms with E-state index in [-0.39, 0.29) is 12.1 Å². The molecule has 32 heavy (non-hydrogen) atoms. The Bertz CT molecular complexity index is 1050. The highest BCUT2D eigenvalue weighted by molar-refractivity contribution is 6.31. The number of hydrogen-bond donors (Lipinski definition) is 0. The van der Waals surface area contributed by atoms with E-state index in [0.717, 1.165) is 28.4 Å². The van der Waals surface area contributed by atoms with Crippen molar-refractivity contribution in [3.8, 4) is 0 Å². The van der Waals surface area contributed by atoms with E-state index in [1.807, 2.05) is 29.7 Å². The van der Waals surface area contributed by atoms with Gasteiger partial charge in [0.15, 0.2) is 0 Å². The topological polar surface area (TPSA) is 69.6 Å². The molecular weight excluding hydrogens is 447 g/mol. The van der Waals surface area contributed by atoms with Gasteiger partial charge in [-0.2, -0.15) is 13.2 Å². The van der Waals surface area contributed by atoms with Gasteiger partial charge < -0.3 is 4.90 Å². The van der Waals surface area contributed by atoms with Gasteiger partial charge in [-0.25, -0.2) is 14.9 Å². The fourth-order valence-corrected chi connectivity index (χ4v) is 4.35. The largest absolute Gasteiger partial charge is 0.417 e. The molecule has 2 aromatic rings. The lowest BCUT2D eigenvalue weighted by Gasteiger charge is -2.37. The number of aromatic nitrogens is 2. The molecule has 0 N–H and O–H groups in total. The molecule has 170 valence electrons. The van der Waals surface area contributed by atoms with E-state index in [1.54, 1.807) is 0 Å². The summed E-state index contributed by atoms with van der Waals surface area (Å²) in [5.41, 5.74) is 0.524. The van der Waals surface area contributed by atoms with Gasteiger partial charge in [-0.05, 0) is 38.1 Å². The summed E-state index contributed by atoms with van der Waals surface area (Å²) in [6.07, 6.45) is -4.77. The van der Waals surface area contributed by atoms with Crippen LogP contribution in [0.15, 0.2) is 24.3 Å². The Labute approximate surface area is 187 Å². The molecule has 7 nitrogen and oxygen atoms in total. The van der Waals surface area contributed by atoms with Crippen molar-refractivity contribution in [2.45, 2.75) is 32.5 Å². The Morgan fingerprint density at radius 1 is 1.00 bits per heavy atom. The van der Waals surface area contributed by atoms with Crippen molar-refractivity contribution in [2.75, 3.05) is 36.0 Å². The second-order valence-electron chi connectivity index (χ2n) is 7.92. The van der Waals surface area contributed by atoms with Crippen LogP contribution in [0.2, 0.25) is 5.02 Å². The molecule has 1 aromatic carbocycles. The van der Waals surface area contributed by atoms with Crippen molar-refractivity contribution in [1.29, 1.82) is 0 Å². The Hall–Kier alpha value is -2.72. The third-order valence-corrected chi connectivity index (χ3v) is 5.97. The lowest BCUT2D eigenvalue weighted by molar-refractivity contribution is -0.137. The number of aryl methyl sites for hydroxylation is 2. The molecule has 0 bridgehead atoms. The number of hydrogen-bond acceptors (Lipinski definition) is 6. The monoisotopic (exact) mass is 467 g/mol. The normalized spacial score (nSPS) is 20.4. The number of alkyl halides is 3. The number of halogens is 4. The van der Waals surface area contributed by atoms with Crippen molar-refractivity contribution in [3.63, 3.8) is 0 Å². The lowest BCUT2D eigenvalue weighted by Crippen LogP contribution is -2.53. The molecule has 4 rings (SSSR count). The van der Waals surface area contributed by atoms with Gasteiger partial charge >= 0.3 is 6.18 Å². The van der Waals surface area contributed by atoms with Crippen molar-refractivity contribution in [2.24, 2.45) is 0 Å². The minimum Gasteiger partial charge on any atom is -0.338 e. The van der Waals surface area contributed by atoms with E-state index in [9.17, 15) is 22.8 Å². The highest BCUT2D eigenvalue weighted by Crippen LogP contribution is 2.38. The number of benzene rings is 1. The number of carbonyl (C=O) groups is 2. The second kappa shape index (κ2) is 8.32. The predicted octanol–water partition coefficient (Wildman–Crippen LogP) is 3.22. The maximum absolute atomic E-state index is 13.2. The smallest absolute Gasteiger partial charge is 0.338 e. The summed E-state index contributed by atoms with van der Waals surface area (Å²) in [5.74, 6) is -0.435. The second-order valence-corrected chi connectivity index (χ2v) is 8.33. The van der Waals surface area contributed by atoms with Gasteiger partial charge in [0.05, 0.1) is 28.7 Å². The standard InChI is InChI=1S/C21H21ClF3N5O2/c1-12-9-13(2)27-20(26-12)29-7-5-28(6-8-29)17-11-18(31)30(19(17)32)14-3-4-16(22)15(10-14)21(23,24)25/h3-4,9-10,17H,5-8,11H2,1-2H3. The average Bonchev–Trinajstić information content (AvgIpc) is 3.01. The molecule has 0 radical (unpaired) electrons. The molecule has 2 fully saturated rings. The van der Waals surface area contributed by atoms with Gasteiger partial charge in [-0.15, -0.1) is 0 Å². The molecular formula is C21H21ClF3N5O2. The quantitative estimate of drug-likeness (QED) is 0.646. The maximum atomic E-state index is 13.2. The van der Waals surface area contributed by atoms with Crippen LogP contribution in [0.1, 0.15) is 23.4 Å². The highest BCUT2D eigenvalue weighted by Gasteiger charge is 2.44. The molecule has 0 aliphatic carbocycles. The highest BCUT2D eigenvalue weighted by atomic mass is 35.5. The first-order chi connectivity index (χ1) is 15.0. The molecule has 11 heteroatoms. The van der Waals surface area contributed by atoms with E-state index >= 15 is 0 Å². The van der Waals surface area contributed by atoms with Gasteiger partial charge in [0, 0.05) is 37.6 Å². The van der Waals surface area contributed by atoms with E-state index in [2.05, 4.69) is 9.97 Å². The van der Waals surface area contributed by atoms with Crippen LogP contribution in [0.25, 0.3) is 0 Å². The molecule has 2 amide bonds. The lowest BCUT2D eigenvalue weighted by atomic mass is 10.1. The van der Waals surface area contributed by atoms with Crippen LogP contribution in [0.3, 0.4) is 0 Å². The molecule has 2 aliphatic heterocycles. The zero-order valence-electron chi connectivity index (χ0n) is 17.5. The Kier molecular flexibility index (Phi) is 5.85. The first kappa shape index (κ1) is 22.5. The SMILES string of the molecule is Cc1cc(C)nc(N2CCN(C3CC(=O)N(c4ccc(Cl)c(C(F)(F)F)c4)C3=O)CC2)n1.